The minimum absolute atomic E-state index is 0.0193. The van der Waals surface area contributed by atoms with Crippen molar-refractivity contribution in [1.82, 2.24) is 9.80 Å². The van der Waals surface area contributed by atoms with Crippen LogP contribution in [-0.2, 0) is 14.3 Å². The van der Waals surface area contributed by atoms with Crippen molar-refractivity contribution in [2.45, 2.75) is 31.9 Å². The van der Waals surface area contributed by atoms with Gasteiger partial charge in [0.15, 0.2) is 0 Å². The Morgan fingerprint density at radius 1 is 1.07 bits per heavy atom. The zero-order valence-electron chi connectivity index (χ0n) is 16.3. The molecule has 2 aromatic rings. The van der Waals surface area contributed by atoms with E-state index in [0.29, 0.717) is 32.8 Å². The van der Waals surface area contributed by atoms with Crippen LogP contribution in [-0.4, -0.2) is 66.5 Å². The summed E-state index contributed by atoms with van der Waals surface area (Å²) in [5.41, 5.74) is 0.808. The SMILES string of the molecule is CC(C(=O)Nc1ccc2ccccc2c1)N1CCN(C(=O)C2CCCO2)CC1. The molecule has 6 heteroatoms. The third-order valence-electron chi connectivity index (χ3n) is 5.78. The van der Waals surface area contributed by atoms with Crippen molar-refractivity contribution in [2.75, 3.05) is 38.1 Å². The highest BCUT2D eigenvalue weighted by Gasteiger charge is 2.32. The van der Waals surface area contributed by atoms with E-state index in [9.17, 15) is 9.59 Å². The van der Waals surface area contributed by atoms with E-state index in [1.807, 2.05) is 48.2 Å². The number of amides is 2. The van der Waals surface area contributed by atoms with Crippen LogP contribution >= 0.6 is 0 Å². The molecule has 28 heavy (non-hydrogen) atoms. The summed E-state index contributed by atoms with van der Waals surface area (Å²) in [7, 11) is 0. The molecule has 0 saturated carbocycles. The maximum atomic E-state index is 12.7. The summed E-state index contributed by atoms with van der Waals surface area (Å²) in [5.74, 6) is 0.0830. The van der Waals surface area contributed by atoms with Gasteiger partial charge in [0.1, 0.15) is 6.10 Å². The first-order chi connectivity index (χ1) is 13.6. The average Bonchev–Trinajstić information content (AvgIpc) is 3.27. The first-order valence-electron chi connectivity index (χ1n) is 10.1. The summed E-state index contributed by atoms with van der Waals surface area (Å²) >= 11 is 0. The molecule has 2 aromatic carbocycles. The van der Waals surface area contributed by atoms with Gasteiger partial charge in [-0.3, -0.25) is 14.5 Å². The van der Waals surface area contributed by atoms with Gasteiger partial charge in [-0.25, -0.2) is 0 Å². The van der Waals surface area contributed by atoms with Crippen LogP contribution in [0.25, 0.3) is 10.8 Å². The lowest BCUT2D eigenvalue weighted by Crippen LogP contribution is -2.55. The first-order valence-corrected chi connectivity index (χ1v) is 10.1. The molecule has 1 N–H and O–H groups in total. The van der Waals surface area contributed by atoms with Crippen molar-refractivity contribution >= 4 is 28.3 Å². The number of fused-ring (bicyclic) bond motifs is 1. The number of benzene rings is 2. The highest BCUT2D eigenvalue weighted by Crippen LogP contribution is 2.20. The molecule has 2 atom stereocenters. The third-order valence-corrected chi connectivity index (χ3v) is 5.78. The van der Waals surface area contributed by atoms with E-state index < -0.39 is 0 Å². The normalized spacial score (nSPS) is 21.6. The minimum atomic E-state index is -0.264. The van der Waals surface area contributed by atoms with E-state index in [0.717, 1.165) is 29.3 Å². The van der Waals surface area contributed by atoms with Crippen molar-refractivity contribution in [3.8, 4) is 0 Å². The monoisotopic (exact) mass is 381 g/mol. The number of nitrogens with zero attached hydrogens (tertiary/aromatic N) is 2. The molecule has 148 valence electrons. The molecule has 0 radical (unpaired) electrons. The molecule has 4 rings (SSSR count). The van der Waals surface area contributed by atoms with E-state index >= 15 is 0 Å². The topological polar surface area (TPSA) is 61.9 Å². The van der Waals surface area contributed by atoms with Crippen LogP contribution in [0.3, 0.4) is 0 Å². The van der Waals surface area contributed by atoms with E-state index in [1.54, 1.807) is 0 Å². The zero-order chi connectivity index (χ0) is 19.5. The van der Waals surface area contributed by atoms with Crippen molar-refractivity contribution in [2.24, 2.45) is 0 Å². The molecule has 2 saturated heterocycles. The standard InChI is InChI=1S/C22H27N3O3/c1-16(21(26)23-19-9-8-17-5-2-3-6-18(17)15-19)24-10-12-25(13-11-24)22(27)20-7-4-14-28-20/h2-3,5-6,8-9,15-16,20H,4,7,10-14H2,1H3,(H,23,26). The summed E-state index contributed by atoms with van der Waals surface area (Å²) in [4.78, 5) is 29.2. The molecule has 2 aliphatic rings. The van der Waals surface area contributed by atoms with Gasteiger partial charge in [-0.1, -0.05) is 30.3 Å². The summed E-state index contributed by atoms with van der Waals surface area (Å²) in [5, 5.41) is 5.29. The van der Waals surface area contributed by atoms with Gasteiger partial charge in [-0.05, 0) is 42.7 Å². The molecule has 2 heterocycles. The number of nitrogens with one attached hydrogen (secondary N) is 1. The van der Waals surface area contributed by atoms with Crippen LogP contribution in [0.15, 0.2) is 42.5 Å². The summed E-state index contributed by atoms with van der Waals surface area (Å²) in [6.45, 7) is 5.30. The van der Waals surface area contributed by atoms with Crippen LogP contribution < -0.4 is 5.32 Å². The Labute approximate surface area is 165 Å². The highest BCUT2D eigenvalue weighted by atomic mass is 16.5. The summed E-state index contributed by atoms with van der Waals surface area (Å²) < 4.78 is 5.51. The smallest absolute Gasteiger partial charge is 0.251 e. The van der Waals surface area contributed by atoms with Crippen LogP contribution in [0.4, 0.5) is 5.69 Å². The zero-order valence-corrected chi connectivity index (χ0v) is 16.3. The molecule has 2 amide bonds. The summed E-state index contributed by atoms with van der Waals surface area (Å²) in [6.07, 6.45) is 1.52. The molecular formula is C22H27N3O3. The molecular weight excluding hydrogens is 354 g/mol. The van der Waals surface area contributed by atoms with Gasteiger partial charge >= 0.3 is 0 Å². The van der Waals surface area contributed by atoms with Crippen molar-refractivity contribution < 1.29 is 14.3 Å². The molecule has 0 aliphatic carbocycles. The Bertz CT molecular complexity index is 855. The van der Waals surface area contributed by atoms with Gasteiger partial charge in [0.25, 0.3) is 5.91 Å². The van der Waals surface area contributed by atoms with Gasteiger partial charge < -0.3 is 15.0 Å². The number of carbonyl (C=O) groups excluding carboxylic acids is 2. The molecule has 6 nitrogen and oxygen atoms in total. The summed E-state index contributed by atoms with van der Waals surface area (Å²) in [6, 6.07) is 13.8. The minimum Gasteiger partial charge on any atom is -0.368 e. The number of anilines is 1. The van der Waals surface area contributed by atoms with Gasteiger partial charge in [-0.2, -0.15) is 0 Å². The van der Waals surface area contributed by atoms with Crippen LogP contribution in [0.5, 0.6) is 0 Å². The van der Waals surface area contributed by atoms with Crippen LogP contribution in [0.1, 0.15) is 19.8 Å². The molecule has 2 fully saturated rings. The number of carbonyl (C=O) groups is 2. The van der Waals surface area contributed by atoms with Crippen molar-refractivity contribution in [3.63, 3.8) is 0 Å². The Morgan fingerprint density at radius 3 is 2.54 bits per heavy atom. The lowest BCUT2D eigenvalue weighted by molar-refractivity contribution is -0.143. The number of piperazine rings is 1. The van der Waals surface area contributed by atoms with Gasteiger partial charge in [0.2, 0.25) is 5.91 Å². The molecule has 2 unspecified atom stereocenters. The molecule has 2 aliphatic heterocycles. The second kappa shape index (κ2) is 8.29. The fraction of sp³-hybridized carbons (Fsp3) is 0.455. The largest absolute Gasteiger partial charge is 0.368 e. The maximum Gasteiger partial charge on any atom is 0.251 e. The number of rotatable bonds is 4. The molecule has 0 bridgehead atoms. The number of hydrogen-bond donors (Lipinski definition) is 1. The fourth-order valence-electron chi connectivity index (χ4n) is 3.99. The number of ether oxygens (including phenoxy) is 1. The van der Waals surface area contributed by atoms with E-state index in [2.05, 4.69) is 16.3 Å². The second-order valence-corrected chi connectivity index (χ2v) is 7.59. The molecule has 0 aromatic heterocycles. The maximum absolute atomic E-state index is 12.7. The third kappa shape index (κ3) is 4.03. The van der Waals surface area contributed by atoms with Gasteiger partial charge in [0, 0.05) is 38.5 Å². The predicted octanol–water partition coefficient (Wildman–Crippen LogP) is 2.49. The lowest BCUT2D eigenvalue weighted by Gasteiger charge is -2.38. The van der Waals surface area contributed by atoms with Crippen LogP contribution in [0, 0.1) is 0 Å². The van der Waals surface area contributed by atoms with Crippen molar-refractivity contribution in [1.29, 1.82) is 0 Å². The molecule has 0 spiro atoms. The lowest BCUT2D eigenvalue weighted by atomic mass is 10.1. The Balaban J connectivity index is 1.32. The number of hydrogen-bond acceptors (Lipinski definition) is 4. The Kier molecular flexibility index (Phi) is 5.59. The first kappa shape index (κ1) is 18.9. The van der Waals surface area contributed by atoms with Gasteiger partial charge in [-0.15, -0.1) is 0 Å². The highest BCUT2D eigenvalue weighted by molar-refractivity contribution is 5.97. The van der Waals surface area contributed by atoms with Crippen LogP contribution in [0.2, 0.25) is 0 Å². The van der Waals surface area contributed by atoms with E-state index in [1.165, 1.54) is 0 Å². The fourth-order valence-corrected chi connectivity index (χ4v) is 3.99. The average molecular weight is 381 g/mol. The van der Waals surface area contributed by atoms with E-state index in [-0.39, 0.29) is 24.0 Å². The second-order valence-electron chi connectivity index (χ2n) is 7.59. The van der Waals surface area contributed by atoms with Crippen molar-refractivity contribution in [3.05, 3.63) is 42.5 Å². The van der Waals surface area contributed by atoms with Gasteiger partial charge in [0.05, 0.1) is 6.04 Å². The quantitative estimate of drug-likeness (QED) is 0.884. The Morgan fingerprint density at radius 2 is 1.82 bits per heavy atom. The van der Waals surface area contributed by atoms with E-state index in [4.69, 9.17) is 4.74 Å². The Hall–Kier alpha value is -2.44. The predicted molar refractivity (Wildman–Crippen MR) is 109 cm³/mol.